The van der Waals surface area contributed by atoms with Crippen LogP contribution in [0.5, 0.6) is 0 Å². The van der Waals surface area contributed by atoms with Gasteiger partial charge in [-0.05, 0) is 26.2 Å². The summed E-state index contributed by atoms with van der Waals surface area (Å²) < 4.78 is 25.5. The standard InChI is InChI=1S/C17H29N5O3S/c1-13-9-16(19-17(18-13)21-7-5-4-6-8-21)22-10-14(15(23)11-22)12-26(24,25)20(2)3/h9,14-15,23H,4-8,10-12H2,1-3H3/t14-,15+/m0/s1. The first-order valence-electron chi connectivity index (χ1n) is 9.20. The highest BCUT2D eigenvalue weighted by molar-refractivity contribution is 7.89. The molecule has 0 amide bonds. The Morgan fingerprint density at radius 2 is 1.85 bits per heavy atom. The lowest BCUT2D eigenvalue weighted by molar-refractivity contribution is 0.157. The summed E-state index contributed by atoms with van der Waals surface area (Å²) in [4.78, 5) is 13.5. The maximum absolute atomic E-state index is 12.2. The average molecular weight is 384 g/mol. The zero-order chi connectivity index (χ0) is 18.9. The quantitative estimate of drug-likeness (QED) is 0.790. The van der Waals surface area contributed by atoms with Crippen molar-refractivity contribution < 1.29 is 13.5 Å². The van der Waals surface area contributed by atoms with Crippen LogP contribution in [0.2, 0.25) is 0 Å². The van der Waals surface area contributed by atoms with E-state index in [-0.39, 0.29) is 11.7 Å². The van der Waals surface area contributed by atoms with Crippen molar-refractivity contribution in [1.82, 2.24) is 14.3 Å². The number of aryl methyl sites for hydroxylation is 1. The number of piperidine rings is 1. The lowest BCUT2D eigenvalue weighted by Gasteiger charge is -2.28. The number of hydrogen-bond donors (Lipinski definition) is 1. The van der Waals surface area contributed by atoms with Crippen molar-refractivity contribution in [1.29, 1.82) is 0 Å². The molecule has 3 rings (SSSR count). The Morgan fingerprint density at radius 3 is 2.50 bits per heavy atom. The summed E-state index contributed by atoms with van der Waals surface area (Å²) in [5.41, 5.74) is 0.884. The zero-order valence-corrected chi connectivity index (χ0v) is 16.6. The lowest BCUT2D eigenvalue weighted by Crippen LogP contribution is -2.33. The summed E-state index contributed by atoms with van der Waals surface area (Å²) in [6.45, 7) is 4.75. The fraction of sp³-hybridized carbons (Fsp3) is 0.765. The van der Waals surface area contributed by atoms with Gasteiger partial charge in [0.2, 0.25) is 16.0 Å². The molecule has 26 heavy (non-hydrogen) atoms. The summed E-state index contributed by atoms with van der Waals surface area (Å²) in [5, 5.41) is 10.4. The Bertz CT molecular complexity index is 734. The molecular formula is C17H29N5O3S. The van der Waals surface area contributed by atoms with E-state index < -0.39 is 16.1 Å². The molecule has 0 saturated carbocycles. The number of sulfonamides is 1. The van der Waals surface area contributed by atoms with Crippen LogP contribution >= 0.6 is 0 Å². The van der Waals surface area contributed by atoms with E-state index in [0.717, 1.165) is 43.4 Å². The third kappa shape index (κ3) is 4.27. The van der Waals surface area contributed by atoms with Gasteiger partial charge in [0.1, 0.15) is 5.82 Å². The van der Waals surface area contributed by atoms with E-state index >= 15 is 0 Å². The third-order valence-corrected chi connectivity index (χ3v) is 7.14. The predicted molar refractivity (Wildman–Crippen MR) is 102 cm³/mol. The number of nitrogens with zero attached hydrogens (tertiary/aromatic N) is 5. The fourth-order valence-corrected chi connectivity index (χ4v) is 4.73. The lowest BCUT2D eigenvalue weighted by atomic mass is 10.1. The molecule has 0 radical (unpaired) electrons. The minimum Gasteiger partial charge on any atom is -0.391 e. The van der Waals surface area contributed by atoms with Gasteiger partial charge in [-0.25, -0.2) is 17.7 Å². The molecule has 0 unspecified atom stereocenters. The monoisotopic (exact) mass is 383 g/mol. The molecule has 2 aliphatic rings. The molecule has 146 valence electrons. The summed E-state index contributed by atoms with van der Waals surface area (Å²) in [6.07, 6.45) is 2.87. The summed E-state index contributed by atoms with van der Waals surface area (Å²) >= 11 is 0. The Morgan fingerprint density at radius 1 is 1.15 bits per heavy atom. The van der Waals surface area contributed by atoms with Gasteiger partial charge in [0.05, 0.1) is 11.9 Å². The van der Waals surface area contributed by atoms with E-state index in [1.54, 1.807) is 0 Å². The molecule has 2 saturated heterocycles. The van der Waals surface area contributed by atoms with Gasteiger partial charge in [0.25, 0.3) is 0 Å². The SMILES string of the molecule is Cc1cc(N2C[C@@H](CS(=O)(=O)N(C)C)[C@H](O)C2)nc(N2CCCCC2)n1. The zero-order valence-electron chi connectivity index (χ0n) is 15.8. The first kappa shape index (κ1) is 19.3. The topological polar surface area (TPSA) is 89.9 Å². The second-order valence-corrected chi connectivity index (χ2v) is 9.74. The van der Waals surface area contributed by atoms with Crippen molar-refractivity contribution in [3.8, 4) is 0 Å². The van der Waals surface area contributed by atoms with Crippen LogP contribution < -0.4 is 9.80 Å². The third-order valence-electron chi connectivity index (χ3n) is 5.18. The van der Waals surface area contributed by atoms with E-state index in [4.69, 9.17) is 4.98 Å². The second kappa shape index (κ2) is 7.66. The molecule has 8 nitrogen and oxygen atoms in total. The number of anilines is 2. The van der Waals surface area contributed by atoms with Crippen molar-refractivity contribution in [2.45, 2.75) is 32.3 Å². The van der Waals surface area contributed by atoms with Crippen LogP contribution in [-0.2, 0) is 10.0 Å². The van der Waals surface area contributed by atoms with Gasteiger partial charge >= 0.3 is 0 Å². The first-order valence-corrected chi connectivity index (χ1v) is 10.8. The number of β-amino-alcohol motifs (C(OH)–C–C–N with tert-alkyl or cyclic N) is 1. The summed E-state index contributed by atoms with van der Waals surface area (Å²) in [6, 6.07) is 1.91. The van der Waals surface area contributed by atoms with Gasteiger partial charge in [-0.15, -0.1) is 0 Å². The van der Waals surface area contributed by atoms with Gasteiger partial charge < -0.3 is 14.9 Å². The highest BCUT2D eigenvalue weighted by Crippen LogP contribution is 2.27. The van der Waals surface area contributed by atoms with Crippen LogP contribution in [0, 0.1) is 12.8 Å². The summed E-state index contributed by atoms with van der Waals surface area (Å²) in [7, 11) is -0.306. The Hall–Kier alpha value is -1.45. The van der Waals surface area contributed by atoms with Gasteiger partial charge in [0.15, 0.2) is 0 Å². The molecule has 2 aliphatic heterocycles. The fourth-order valence-electron chi connectivity index (χ4n) is 3.56. The largest absolute Gasteiger partial charge is 0.391 e. The van der Waals surface area contributed by atoms with Crippen LogP contribution in [0.15, 0.2) is 6.07 Å². The number of aromatic nitrogens is 2. The number of hydrogen-bond acceptors (Lipinski definition) is 7. The van der Waals surface area contributed by atoms with Crippen molar-refractivity contribution in [3.05, 3.63) is 11.8 Å². The van der Waals surface area contributed by atoms with Crippen molar-refractivity contribution in [2.75, 3.05) is 55.8 Å². The minimum atomic E-state index is -3.35. The van der Waals surface area contributed by atoms with Crippen LogP contribution in [0.3, 0.4) is 0 Å². The highest BCUT2D eigenvalue weighted by atomic mass is 32.2. The summed E-state index contributed by atoms with van der Waals surface area (Å²) in [5.74, 6) is 1.12. The number of rotatable bonds is 5. The second-order valence-electron chi connectivity index (χ2n) is 7.51. The van der Waals surface area contributed by atoms with Crippen LogP contribution in [0.4, 0.5) is 11.8 Å². The van der Waals surface area contributed by atoms with Gasteiger partial charge in [-0.3, -0.25) is 0 Å². The molecule has 1 aromatic heterocycles. The average Bonchev–Trinajstić information content (AvgIpc) is 2.95. The van der Waals surface area contributed by atoms with E-state index in [0.29, 0.717) is 13.1 Å². The molecule has 3 heterocycles. The molecule has 2 atom stereocenters. The Kier molecular flexibility index (Phi) is 5.69. The molecule has 2 fully saturated rings. The highest BCUT2D eigenvalue weighted by Gasteiger charge is 2.36. The maximum Gasteiger partial charge on any atom is 0.227 e. The van der Waals surface area contributed by atoms with Gasteiger partial charge in [-0.2, -0.15) is 4.98 Å². The molecular weight excluding hydrogens is 354 g/mol. The predicted octanol–water partition coefficient (Wildman–Crippen LogP) is 0.464. The molecule has 9 heteroatoms. The number of aliphatic hydroxyl groups is 1. The smallest absolute Gasteiger partial charge is 0.227 e. The molecule has 0 aliphatic carbocycles. The van der Waals surface area contributed by atoms with Crippen LogP contribution in [-0.4, -0.2) is 79.9 Å². The number of aliphatic hydroxyl groups excluding tert-OH is 1. The normalized spacial score (nSPS) is 24.5. The van der Waals surface area contributed by atoms with E-state index in [9.17, 15) is 13.5 Å². The first-order chi connectivity index (χ1) is 12.3. The molecule has 0 aromatic carbocycles. The van der Waals surface area contributed by atoms with Crippen LogP contribution in [0.1, 0.15) is 25.0 Å². The maximum atomic E-state index is 12.2. The van der Waals surface area contributed by atoms with Gasteiger partial charge in [-0.1, -0.05) is 0 Å². The van der Waals surface area contributed by atoms with Crippen molar-refractivity contribution >= 4 is 21.8 Å². The Balaban J connectivity index is 1.76. The van der Waals surface area contributed by atoms with Crippen molar-refractivity contribution in [2.24, 2.45) is 5.92 Å². The molecule has 0 spiro atoms. The van der Waals surface area contributed by atoms with E-state index in [1.165, 1.54) is 24.8 Å². The van der Waals surface area contributed by atoms with Crippen molar-refractivity contribution in [3.63, 3.8) is 0 Å². The molecule has 1 N–H and O–H groups in total. The minimum absolute atomic E-state index is 0.0548. The van der Waals surface area contributed by atoms with Crippen LogP contribution in [0.25, 0.3) is 0 Å². The van der Waals surface area contributed by atoms with Gasteiger partial charge in [0, 0.05) is 58.0 Å². The molecule has 1 aromatic rings. The molecule has 0 bridgehead atoms. The van der Waals surface area contributed by atoms with E-state index in [1.807, 2.05) is 17.9 Å². The Labute approximate surface area is 155 Å². The van der Waals surface area contributed by atoms with E-state index in [2.05, 4.69) is 9.88 Å².